The summed E-state index contributed by atoms with van der Waals surface area (Å²) < 4.78 is 0. The number of nitrogens with zero attached hydrogens (tertiary/aromatic N) is 1. The minimum atomic E-state index is -0.949. The van der Waals surface area contributed by atoms with Crippen molar-refractivity contribution in [1.29, 1.82) is 0 Å². The van der Waals surface area contributed by atoms with Gasteiger partial charge in [-0.2, -0.15) is 0 Å². The quantitative estimate of drug-likeness (QED) is 0.812. The topological polar surface area (TPSA) is 69.6 Å². The Morgan fingerprint density at radius 1 is 1.39 bits per heavy atom. The molecule has 1 heterocycles. The number of benzene rings is 1. The summed E-state index contributed by atoms with van der Waals surface area (Å²) in [4.78, 5) is 24.4. The lowest BCUT2D eigenvalue weighted by molar-refractivity contribution is -0.143. The van der Waals surface area contributed by atoms with Gasteiger partial charge in [-0.1, -0.05) is 30.3 Å². The molecule has 1 fully saturated rings. The fraction of sp³-hybridized carbons (Fsp3) is 0.385. The zero-order valence-electron chi connectivity index (χ0n) is 10.0. The number of piperazine rings is 1. The average Bonchev–Trinajstić information content (AvgIpc) is 2.34. The minimum absolute atomic E-state index is 0.154. The van der Waals surface area contributed by atoms with Crippen LogP contribution in [-0.2, 0) is 16.1 Å². The molecule has 1 aliphatic heterocycles. The molecule has 1 amide bonds. The van der Waals surface area contributed by atoms with E-state index in [0.717, 1.165) is 5.56 Å². The number of hydrogen-bond donors (Lipinski definition) is 2. The van der Waals surface area contributed by atoms with Crippen LogP contribution in [0.3, 0.4) is 0 Å². The summed E-state index contributed by atoms with van der Waals surface area (Å²) in [6, 6.07) is 9.18. The van der Waals surface area contributed by atoms with Gasteiger partial charge in [0.05, 0.1) is 6.42 Å². The van der Waals surface area contributed by atoms with Crippen LogP contribution in [0.15, 0.2) is 30.3 Å². The number of carboxylic acids is 1. The van der Waals surface area contributed by atoms with E-state index < -0.39 is 12.0 Å². The third kappa shape index (κ3) is 3.07. The van der Waals surface area contributed by atoms with Crippen LogP contribution in [0.25, 0.3) is 0 Å². The van der Waals surface area contributed by atoms with Crippen LogP contribution in [0.2, 0.25) is 0 Å². The number of nitrogens with one attached hydrogen (secondary N) is 1. The predicted octanol–water partition coefficient (Wildman–Crippen LogP) is 0.462. The number of carboxylic acid groups (broad SMARTS) is 1. The second kappa shape index (κ2) is 5.64. The Kier molecular flexibility index (Phi) is 3.94. The summed E-state index contributed by atoms with van der Waals surface area (Å²) in [6.07, 6.45) is -0.154. The Morgan fingerprint density at radius 2 is 2.11 bits per heavy atom. The highest BCUT2D eigenvalue weighted by Gasteiger charge is 2.31. The van der Waals surface area contributed by atoms with Crippen molar-refractivity contribution >= 4 is 11.9 Å². The van der Waals surface area contributed by atoms with Crippen molar-refractivity contribution in [2.45, 2.75) is 19.0 Å². The first-order valence-electron chi connectivity index (χ1n) is 5.94. The van der Waals surface area contributed by atoms with E-state index >= 15 is 0 Å². The van der Waals surface area contributed by atoms with E-state index in [2.05, 4.69) is 5.32 Å². The molecule has 1 unspecified atom stereocenters. The van der Waals surface area contributed by atoms with Crippen LogP contribution in [-0.4, -0.2) is 41.0 Å². The number of rotatable bonds is 4. The lowest BCUT2D eigenvalue weighted by Crippen LogP contribution is -2.55. The van der Waals surface area contributed by atoms with E-state index in [9.17, 15) is 9.59 Å². The summed E-state index contributed by atoms with van der Waals surface area (Å²) in [7, 11) is 0. The highest BCUT2D eigenvalue weighted by atomic mass is 16.4. The van der Waals surface area contributed by atoms with Crippen molar-refractivity contribution < 1.29 is 14.7 Å². The largest absolute Gasteiger partial charge is 0.481 e. The van der Waals surface area contributed by atoms with Crippen molar-refractivity contribution in [3.63, 3.8) is 0 Å². The van der Waals surface area contributed by atoms with Crippen molar-refractivity contribution in [1.82, 2.24) is 10.2 Å². The molecule has 2 rings (SSSR count). The first-order chi connectivity index (χ1) is 8.66. The maximum Gasteiger partial charge on any atom is 0.305 e. The molecule has 5 nitrogen and oxygen atoms in total. The molecule has 0 aliphatic carbocycles. The molecule has 1 aromatic rings. The number of aliphatic carboxylic acids is 1. The molecule has 0 radical (unpaired) electrons. The second-order valence-corrected chi connectivity index (χ2v) is 4.36. The Bertz CT molecular complexity index is 433. The molecule has 96 valence electrons. The molecule has 0 saturated carbocycles. The summed E-state index contributed by atoms with van der Waals surface area (Å²) in [5, 5.41) is 11.6. The van der Waals surface area contributed by atoms with Crippen LogP contribution in [0, 0.1) is 0 Å². The normalized spacial score (nSPS) is 20.4. The summed E-state index contributed by atoms with van der Waals surface area (Å²) in [5.74, 6) is -1.14. The Morgan fingerprint density at radius 3 is 2.78 bits per heavy atom. The number of hydrogen-bond acceptors (Lipinski definition) is 3. The zero-order chi connectivity index (χ0) is 13.0. The minimum Gasteiger partial charge on any atom is -0.481 e. The SMILES string of the molecule is O=C(O)CC1C(=O)NCCN1Cc1ccccc1. The molecule has 18 heavy (non-hydrogen) atoms. The zero-order valence-corrected chi connectivity index (χ0v) is 10.0. The summed E-state index contributed by atoms with van der Waals surface area (Å²) >= 11 is 0. The van der Waals surface area contributed by atoms with Gasteiger partial charge >= 0.3 is 5.97 Å². The van der Waals surface area contributed by atoms with Gasteiger partial charge in [-0.15, -0.1) is 0 Å². The van der Waals surface area contributed by atoms with Gasteiger partial charge < -0.3 is 10.4 Å². The Hall–Kier alpha value is -1.88. The maximum absolute atomic E-state index is 11.7. The molecule has 5 heteroatoms. The van der Waals surface area contributed by atoms with E-state index in [1.54, 1.807) is 0 Å². The molecular formula is C13H16N2O3. The predicted molar refractivity (Wildman–Crippen MR) is 65.9 cm³/mol. The van der Waals surface area contributed by atoms with Gasteiger partial charge in [0.1, 0.15) is 6.04 Å². The highest BCUT2D eigenvalue weighted by molar-refractivity contribution is 5.86. The lowest BCUT2D eigenvalue weighted by Gasteiger charge is -2.34. The first kappa shape index (κ1) is 12.6. The van der Waals surface area contributed by atoms with Gasteiger partial charge in [0.25, 0.3) is 0 Å². The first-order valence-corrected chi connectivity index (χ1v) is 5.94. The third-order valence-electron chi connectivity index (χ3n) is 3.04. The van der Waals surface area contributed by atoms with Gasteiger partial charge in [0.2, 0.25) is 5.91 Å². The molecule has 1 atom stereocenters. The van der Waals surface area contributed by atoms with Crippen molar-refractivity contribution in [3.05, 3.63) is 35.9 Å². The molecule has 2 N–H and O–H groups in total. The molecule has 1 aromatic carbocycles. The summed E-state index contributed by atoms with van der Waals surface area (Å²) in [5.41, 5.74) is 1.09. The van der Waals surface area contributed by atoms with Crippen LogP contribution in [0.4, 0.5) is 0 Å². The fourth-order valence-corrected chi connectivity index (χ4v) is 2.16. The van der Waals surface area contributed by atoms with E-state index in [4.69, 9.17) is 5.11 Å². The molecular weight excluding hydrogens is 232 g/mol. The van der Waals surface area contributed by atoms with E-state index in [1.807, 2.05) is 35.2 Å². The van der Waals surface area contributed by atoms with Gasteiger partial charge in [-0.3, -0.25) is 14.5 Å². The van der Waals surface area contributed by atoms with Gasteiger partial charge in [0.15, 0.2) is 0 Å². The average molecular weight is 248 g/mol. The second-order valence-electron chi connectivity index (χ2n) is 4.36. The fourth-order valence-electron chi connectivity index (χ4n) is 2.16. The Labute approximate surface area is 105 Å². The molecule has 0 bridgehead atoms. The van der Waals surface area contributed by atoms with E-state index in [0.29, 0.717) is 19.6 Å². The summed E-state index contributed by atoms with van der Waals surface area (Å²) in [6.45, 7) is 1.85. The van der Waals surface area contributed by atoms with Crippen LogP contribution in [0.1, 0.15) is 12.0 Å². The molecule has 0 aromatic heterocycles. The van der Waals surface area contributed by atoms with Gasteiger partial charge in [-0.05, 0) is 5.56 Å². The number of carbonyl (C=O) groups excluding carboxylic acids is 1. The third-order valence-corrected chi connectivity index (χ3v) is 3.04. The van der Waals surface area contributed by atoms with Crippen LogP contribution < -0.4 is 5.32 Å². The van der Waals surface area contributed by atoms with Gasteiger partial charge in [0, 0.05) is 19.6 Å². The standard InChI is InChI=1S/C13H16N2O3/c16-12(17)8-11-13(18)14-6-7-15(11)9-10-4-2-1-3-5-10/h1-5,11H,6-9H2,(H,14,18)(H,16,17). The van der Waals surface area contributed by atoms with Crippen molar-refractivity contribution in [3.8, 4) is 0 Å². The monoisotopic (exact) mass is 248 g/mol. The van der Waals surface area contributed by atoms with Crippen molar-refractivity contribution in [2.24, 2.45) is 0 Å². The van der Waals surface area contributed by atoms with Crippen molar-refractivity contribution in [2.75, 3.05) is 13.1 Å². The van der Waals surface area contributed by atoms with E-state index in [-0.39, 0.29) is 12.3 Å². The molecule has 1 saturated heterocycles. The van der Waals surface area contributed by atoms with Gasteiger partial charge in [-0.25, -0.2) is 0 Å². The van der Waals surface area contributed by atoms with Crippen LogP contribution in [0.5, 0.6) is 0 Å². The number of carbonyl (C=O) groups is 2. The molecule has 1 aliphatic rings. The van der Waals surface area contributed by atoms with Crippen LogP contribution >= 0.6 is 0 Å². The smallest absolute Gasteiger partial charge is 0.305 e. The number of amides is 1. The Balaban J connectivity index is 2.08. The maximum atomic E-state index is 11.7. The lowest BCUT2D eigenvalue weighted by atomic mass is 10.1. The highest BCUT2D eigenvalue weighted by Crippen LogP contribution is 2.13. The van der Waals surface area contributed by atoms with E-state index in [1.165, 1.54) is 0 Å². The molecule has 0 spiro atoms.